The van der Waals surface area contributed by atoms with Crippen molar-refractivity contribution in [3.8, 4) is 0 Å². The minimum absolute atomic E-state index is 0.0469. The maximum atomic E-state index is 11.4. The van der Waals surface area contributed by atoms with E-state index in [-0.39, 0.29) is 6.04 Å². The average molecular weight is 492 g/mol. The maximum Gasteiger partial charge on any atom is 0.115 e. The number of benzene rings is 3. The van der Waals surface area contributed by atoms with E-state index in [0.717, 1.165) is 16.7 Å². The lowest BCUT2D eigenvalue weighted by Crippen LogP contribution is -2.69. The van der Waals surface area contributed by atoms with E-state index < -0.39 is 36.6 Å². The second-order valence-corrected chi connectivity index (χ2v) is 9.61. The molecule has 0 radical (unpaired) electrons. The molecule has 0 amide bonds. The summed E-state index contributed by atoms with van der Waals surface area (Å²) in [7, 11) is 0. The van der Waals surface area contributed by atoms with Crippen LogP contribution in [0, 0.1) is 0 Å². The second kappa shape index (κ2) is 13.1. The SMILES string of the molecule is CC(C)NC1[C@@H](O)[C@H](OCc2ccccc2)C(OCc2ccccc2)[C@H](OCc2ccccc2)[C@H]1O. The van der Waals surface area contributed by atoms with Gasteiger partial charge in [-0.2, -0.15) is 0 Å². The zero-order valence-corrected chi connectivity index (χ0v) is 20.9. The summed E-state index contributed by atoms with van der Waals surface area (Å²) in [6.07, 6.45) is -4.11. The first-order chi connectivity index (χ1) is 17.5. The predicted molar refractivity (Wildman–Crippen MR) is 139 cm³/mol. The highest BCUT2D eigenvalue weighted by atomic mass is 16.6. The predicted octanol–water partition coefficient (Wildman–Crippen LogP) is 3.84. The average Bonchev–Trinajstić information content (AvgIpc) is 2.90. The van der Waals surface area contributed by atoms with Gasteiger partial charge in [0, 0.05) is 6.04 Å². The number of ether oxygens (including phenoxy) is 3. The van der Waals surface area contributed by atoms with E-state index in [1.165, 1.54) is 0 Å². The largest absolute Gasteiger partial charge is 0.389 e. The van der Waals surface area contributed by atoms with E-state index in [9.17, 15) is 10.2 Å². The Kier molecular flexibility index (Phi) is 9.64. The van der Waals surface area contributed by atoms with Gasteiger partial charge in [-0.15, -0.1) is 0 Å². The number of nitrogens with one attached hydrogen (secondary N) is 1. The first-order valence-electron chi connectivity index (χ1n) is 12.6. The van der Waals surface area contributed by atoms with Gasteiger partial charge < -0.3 is 29.7 Å². The van der Waals surface area contributed by atoms with Gasteiger partial charge in [0.25, 0.3) is 0 Å². The highest BCUT2D eigenvalue weighted by molar-refractivity contribution is 5.16. The van der Waals surface area contributed by atoms with Crippen LogP contribution in [-0.2, 0) is 34.0 Å². The molecule has 3 N–H and O–H groups in total. The summed E-state index contributed by atoms with van der Waals surface area (Å²) in [6, 6.07) is 28.9. The van der Waals surface area contributed by atoms with Crippen LogP contribution in [0.25, 0.3) is 0 Å². The van der Waals surface area contributed by atoms with Gasteiger partial charge in [-0.25, -0.2) is 0 Å². The van der Waals surface area contributed by atoms with Crippen molar-refractivity contribution in [1.82, 2.24) is 5.32 Å². The van der Waals surface area contributed by atoms with Gasteiger partial charge >= 0.3 is 0 Å². The molecule has 0 aromatic heterocycles. The summed E-state index contributed by atoms with van der Waals surface area (Å²) in [5.41, 5.74) is 2.98. The number of aliphatic hydroxyl groups is 2. The molecule has 3 aromatic rings. The van der Waals surface area contributed by atoms with Crippen LogP contribution in [0.4, 0.5) is 0 Å². The Morgan fingerprint density at radius 1 is 0.583 bits per heavy atom. The van der Waals surface area contributed by atoms with E-state index in [0.29, 0.717) is 19.8 Å². The number of hydrogen-bond donors (Lipinski definition) is 3. The van der Waals surface area contributed by atoms with Crippen molar-refractivity contribution in [2.24, 2.45) is 0 Å². The summed E-state index contributed by atoms with van der Waals surface area (Å²) in [5.74, 6) is 0. The Morgan fingerprint density at radius 3 is 1.25 bits per heavy atom. The summed E-state index contributed by atoms with van der Waals surface area (Å²) in [4.78, 5) is 0. The van der Waals surface area contributed by atoms with Crippen LogP contribution in [-0.4, -0.2) is 52.8 Å². The molecular weight excluding hydrogens is 454 g/mol. The van der Waals surface area contributed by atoms with E-state index in [1.54, 1.807) is 0 Å². The fourth-order valence-electron chi connectivity index (χ4n) is 4.65. The lowest BCUT2D eigenvalue weighted by molar-refractivity contribution is -0.241. The molecule has 4 rings (SSSR count). The molecule has 1 fully saturated rings. The first-order valence-corrected chi connectivity index (χ1v) is 12.6. The maximum absolute atomic E-state index is 11.4. The van der Waals surface area contributed by atoms with E-state index in [2.05, 4.69) is 5.32 Å². The summed E-state index contributed by atoms with van der Waals surface area (Å²) < 4.78 is 19.0. The standard InChI is InChI=1S/C30H37NO5/c1-21(2)31-25-26(32)28(34-18-22-12-6-3-7-13-22)30(36-20-24-16-10-5-11-17-24)29(27(25)33)35-19-23-14-8-4-9-15-23/h3-17,21,25-33H,18-20H2,1-2H3/t25?,26-,27+,28+,29-,30?. The molecule has 0 spiro atoms. The molecule has 0 saturated heterocycles. The first kappa shape index (κ1) is 26.5. The smallest absolute Gasteiger partial charge is 0.115 e. The topological polar surface area (TPSA) is 80.2 Å². The Hall–Kier alpha value is -2.58. The van der Waals surface area contributed by atoms with Gasteiger partial charge in [0.2, 0.25) is 0 Å². The van der Waals surface area contributed by atoms with Gasteiger partial charge in [-0.3, -0.25) is 0 Å². The molecule has 1 saturated carbocycles. The Morgan fingerprint density at radius 2 is 0.917 bits per heavy atom. The molecule has 1 aliphatic rings. The van der Waals surface area contributed by atoms with Crippen LogP contribution in [0.3, 0.4) is 0 Å². The van der Waals surface area contributed by atoms with Crippen molar-refractivity contribution in [2.75, 3.05) is 0 Å². The normalized spacial score (nSPS) is 26.2. The van der Waals surface area contributed by atoms with Crippen LogP contribution < -0.4 is 5.32 Å². The molecule has 192 valence electrons. The molecule has 6 heteroatoms. The van der Waals surface area contributed by atoms with Crippen LogP contribution in [0.5, 0.6) is 0 Å². The quantitative estimate of drug-likeness (QED) is 0.378. The Labute approximate surface area is 213 Å². The fourth-order valence-corrected chi connectivity index (χ4v) is 4.65. The Balaban J connectivity index is 1.60. The molecule has 6 atom stereocenters. The molecule has 6 nitrogen and oxygen atoms in total. The molecule has 0 bridgehead atoms. The minimum atomic E-state index is -0.997. The molecule has 0 heterocycles. The van der Waals surface area contributed by atoms with Gasteiger partial charge in [-0.1, -0.05) is 105 Å². The third-order valence-corrected chi connectivity index (χ3v) is 6.44. The van der Waals surface area contributed by atoms with Crippen molar-refractivity contribution < 1.29 is 24.4 Å². The van der Waals surface area contributed by atoms with Crippen LogP contribution >= 0.6 is 0 Å². The molecule has 36 heavy (non-hydrogen) atoms. The van der Waals surface area contributed by atoms with Gasteiger partial charge in [0.05, 0.1) is 25.9 Å². The third kappa shape index (κ3) is 7.01. The number of rotatable bonds is 11. The van der Waals surface area contributed by atoms with Gasteiger partial charge in [-0.05, 0) is 16.7 Å². The monoisotopic (exact) mass is 491 g/mol. The van der Waals surface area contributed by atoms with E-state index >= 15 is 0 Å². The second-order valence-electron chi connectivity index (χ2n) is 9.61. The zero-order valence-electron chi connectivity index (χ0n) is 20.9. The highest BCUT2D eigenvalue weighted by Crippen LogP contribution is 2.31. The van der Waals surface area contributed by atoms with Gasteiger partial charge in [0.1, 0.15) is 30.5 Å². The highest BCUT2D eigenvalue weighted by Gasteiger charge is 2.52. The molecular formula is C30H37NO5. The Bertz CT molecular complexity index is 960. The van der Waals surface area contributed by atoms with Gasteiger partial charge in [0.15, 0.2) is 0 Å². The van der Waals surface area contributed by atoms with Crippen molar-refractivity contribution in [2.45, 2.75) is 76.3 Å². The zero-order chi connectivity index (χ0) is 25.3. The minimum Gasteiger partial charge on any atom is -0.389 e. The van der Waals surface area contributed by atoms with E-state index in [4.69, 9.17) is 14.2 Å². The molecule has 3 aromatic carbocycles. The van der Waals surface area contributed by atoms with Crippen molar-refractivity contribution in [3.05, 3.63) is 108 Å². The van der Waals surface area contributed by atoms with Crippen LogP contribution in [0.2, 0.25) is 0 Å². The van der Waals surface area contributed by atoms with Crippen LogP contribution in [0.1, 0.15) is 30.5 Å². The summed E-state index contributed by atoms with van der Waals surface area (Å²) in [5, 5.41) is 26.1. The molecule has 2 unspecified atom stereocenters. The lowest BCUT2D eigenvalue weighted by atomic mass is 9.82. The fraction of sp³-hybridized carbons (Fsp3) is 0.400. The summed E-state index contributed by atoms with van der Waals surface area (Å²) in [6.45, 7) is 4.89. The van der Waals surface area contributed by atoms with Crippen molar-refractivity contribution >= 4 is 0 Å². The number of aliphatic hydroxyl groups excluding tert-OH is 2. The van der Waals surface area contributed by atoms with Crippen molar-refractivity contribution in [3.63, 3.8) is 0 Å². The third-order valence-electron chi connectivity index (χ3n) is 6.44. The van der Waals surface area contributed by atoms with Crippen molar-refractivity contribution in [1.29, 1.82) is 0 Å². The van der Waals surface area contributed by atoms with E-state index in [1.807, 2.05) is 105 Å². The van der Waals surface area contributed by atoms with Crippen LogP contribution in [0.15, 0.2) is 91.0 Å². The number of hydrogen-bond acceptors (Lipinski definition) is 6. The summed E-state index contributed by atoms with van der Waals surface area (Å²) >= 11 is 0. The lowest BCUT2D eigenvalue weighted by Gasteiger charge is -2.48. The molecule has 0 aliphatic heterocycles. The molecule has 1 aliphatic carbocycles.